The molecule has 0 saturated carbocycles. The van der Waals surface area contributed by atoms with Gasteiger partial charge in [-0.15, -0.1) is 0 Å². The molecule has 0 unspecified atom stereocenters. The quantitative estimate of drug-likeness (QED) is 0.412. The largest absolute Gasteiger partial charge is 0.339 e. The minimum Gasteiger partial charge on any atom is -0.339 e. The van der Waals surface area contributed by atoms with Crippen molar-refractivity contribution in [3.8, 4) is 11.3 Å². The maximum atomic E-state index is 6.50. The highest BCUT2D eigenvalue weighted by atomic mass is 35.5. The highest BCUT2D eigenvalue weighted by Crippen LogP contribution is 2.37. The van der Waals surface area contributed by atoms with Crippen molar-refractivity contribution in [1.82, 2.24) is 9.55 Å². The number of benzene rings is 2. The van der Waals surface area contributed by atoms with E-state index in [0.29, 0.717) is 5.02 Å². The number of para-hydroxylation sites is 1. The van der Waals surface area contributed by atoms with Crippen LogP contribution in [-0.4, -0.2) is 9.55 Å². The Balaban J connectivity index is 2.14. The number of aromatic nitrogens is 2. The number of unbranched alkanes of at least 4 members (excludes halogenated alkanes) is 1. The number of pyridine rings is 1. The SMILES string of the molecule is [CH2]c1cc2c3ccccc3n(CCCC)c2c(-c2ccccc2Cl)n1. The van der Waals surface area contributed by atoms with Crippen molar-refractivity contribution in [2.75, 3.05) is 0 Å². The van der Waals surface area contributed by atoms with Crippen LogP contribution in [0, 0.1) is 6.92 Å². The van der Waals surface area contributed by atoms with Gasteiger partial charge in [-0.3, -0.25) is 4.98 Å². The topological polar surface area (TPSA) is 17.8 Å². The normalized spacial score (nSPS) is 11.5. The Morgan fingerprint density at radius 3 is 2.60 bits per heavy atom. The molecule has 25 heavy (non-hydrogen) atoms. The first-order valence-electron chi connectivity index (χ1n) is 8.69. The summed E-state index contributed by atoms with van der Waals surface area (Å²) in [4.78, 5) is 4.78. The maximum Gasteiger partial charge on any atom is 0.0963 e. The Kier molecular flexibility index (Phi) is 4.22. The van der Waals surface area contributed by atoms with Crippen molar-refractivity contribution in [1.29, 1.82) is 0 Å². The van der Waals surface area contributed by atoms with Gasteiger partial charge in [0.05, 0.1) is 16.2 Å². The van der Waals surface area contributed by atoms with Crippen LogP contribution in [0.25, 0.3) is 33.1 Å². The van der Waals surface area contributed by atoms with Crippen molar-refractivity contribution >= 4 is 33.4 Å². The van der Waals surface area contributed by atoms with Crippen LogP contribution in [0.2, 0.25) is 5.02 Å². The van der Waals surface area contributed by atoms with Gasteiger partial charge in [0.1, 0.15) is 0 Å². The average molecular weight is 348 g/mol. The van der Waals surface area contributed by atoms with Crippen LogP contribution in [-0.2, 0) is 6.54 Å². The van der Waals surface area contributed by atoms with Crippen molar-refractivity contribution in [3.05, 3.63) is 72.2 Å². The number of fused-ring (bicyclic) bond motifs is 3. The molecule has 0 saturated heterocycles. The molecule has 1 radical (unpaired) electrons. The van der Waals surface area contributed by atoms with Crippen molar-refractivity contribution in [3.63, 3.8) is 0 Å². The predicted molar refractivity (Wildman–Crippen MR) is 107 cm³/mol. The van der Waals surface area contributed by atoms with E-state index in [4.69, 9.17) is 16.6 Å². The van der Waals surface area contributed by atoms with E-state index in [-0.39, 0.29) is 0 Å². The van der Waals surface area contributed by atoms with Crippen molar-refractivity contribution < 1.29 is 0 Å². The van der Waals surface area contributed by atoms with E-state index in [1.807, 2.05) is 24.3 Å². The second-order valence-electron chi connectivity index (χ2n) is 6.36. The molecule has 2 aromatic heterocycles. The number of nitrogens with zero attached hydrogens (tertiary/aromatic N) is 2. The summed E-state index contributed by atoms with van der Waals surface area (Å²) in [6.45, 7) is 7.29. The first-order valence-corrected chi connectivity index (χ1v) is 9.07. The van der Waals surface area contributed by atoms with Gasteiger partial charge in [-0.25, -0.2) is 0 Å². The standard InChI is InChI=1S/C22H20ClN2/c1-3-4-13-25-20-12-8-6-9-16(20)18-14-15(2)24-21(22(18)25)17-10-5-7-11-19(17)23/h5-12,14H,2-4,13H2,1H3. The zero-order chi connectivity index (χ0) is 17.4. The molecule has 0 fully saturated rings. The van der Waals surface area contributed by atoms with E-state index in [0.717, 1.165) is 41.9 Å². The van der Waals surface area contributed by atoms with Gasteiger partial charge >= 0.3 is 0 Å². The third kappa shape index (κ3) is 2.71. The second kappa shape index (κ2) is 6.53. The summed E-state index contributed by atoms with van der Waals surface area (Å²) < 4.78 is 2.39. The van der Waals surface area contributed by atoms with Crippen molar-refractivity contribution in [2.45, 2.75) is 26.3 Å². The molecular formula is C22H20ClN2. The van der Waals surface area contributed by atoms with Crippen LogP contribution in [0.5, 0.6) is 0 Å². The molecule has 125 valence electrons. The summed E-state index contributed by atoms with van der Waals surface area (Å²) in [5, 5.41) is 3.16. The number of rotatable bonds is 4. The summed E-state index contributed by atoms with van der Waals surface area (Å²) in [5.74, 6) is 0. The first kappa shape index (κ1) is 16.2. The lowest BCUT2D eigenvalue weighted by Crippen LogP contribution is -2.00. The van der Waals surface area contributed by atoms with E-state index in [1.165, 1.54) is 16.3 Å². The Morgan fingerprint density at radius 2 is 1.80 bits per heavy atom. The maximum absolute atomic E-state index is 6.50. The molecule has 0 spiro atoms. The Morgan fingerprint density at radius 1 is 1.04 bits per heavy atom. The summed E-state index contributed by atoms with van der Waals surface area (Å²) in [6, 6.07) is 18.5. The molecule has 3 heteroatoms. The van der Waals surface area contributed by atoms with Crippen LogP contribution in [0.1, 0.15) is 25.5 Å². The lowest BCUT2D eigenvalue weighted by molar-refractivity contribution is 0.664. The molecule has 2 heterocycles. The Labute approximate surface area is 153 Å². The van der Waals surface area contributed by atoms with Gasteiger partial charge in [0.25, 0.3) is 0 Å². The third-order valence-electron chi connectivity index (χ3n) is 4.66. The molecule has 0 bridgehead atoms. The highest BCUT2D eigenvalue weighted by molar-refractivity contribution is 6.33. The minimum absolute atomic E-state index is 0.717. The van der Waals surface area contributed by atoms with Gasteiger partial charge in [0, 0.05) is 34.1 Å². The van der Waals surface area contributed by atoms with Gasteiger partial charge in [0.15, 0.2) is 0 Å². The molecule has 0 amide bonds. The average Bonchev–Trinajstić information content (AvgIpc) is 2.93. The van der Waals surface area contributed by atoms with Crippen LogP contribution in [0.15, 0.2) is 54.6 Å². The molecule has 0 aliphatic rings. The third-order valence-corrected chi connectivity index (χ3v) is 4.99. The molecular weight excluding hydrogens is 328 g/mol. The highest BCUT2D eigenvalue weighted by Gasteiger charge is 2.18. The van der Waals surface area contributed by atoms with Crippen LogP contribution in [0.4, 0.5) is 0 Å². The van der Waals surface area contributed by atoms with Gasteiger partial charge in [-0.05, 0) is 31.5 Å². The van der Waals surface area contributed by atoms with Gasteiger partial charge in [-0.1, -0.05) is 61.3 Å². The fraction of sp³-hybridized carbons (Fsp3) is 0.182. The molecule has 0 N–H and O–H groups in total. The van der Waals surface area contributed by atoms with Gasteiger partial charge in [0.2, 0.25) is 0 Å². The number of aryl methyl sites for hydroxylation is 1. The molecule has 2 aromatic carbocycles. The lowest BCUT2D eigenvalue weighted by atomic mass is 10.1. The van der Waals surface area contributed by atoms with E-state index < -0.39 is 0 Å². The fourth-order valence-electron chi connectivity index (χ4n) is 3.52. The smallest absolute Gasteiger partial charge is 0.0963 e. The molecule has 4 aromatic rings. The van der Waals surface area contributed by atoms with Gasteiger partial charge in [-0.2, -0.15) is 0 Å². The zero-order valence-electron chi connectivity index (χ0n) is 14.3. The van der Waals surface area contributed by atoms with E-state index >= 15 is 0 Å². The zero-order valence-corrected chi connectivity index (χ0v) is 15.1. The minimum atomic E-state index is 0.717. The van der Waals surface area contributed by atoms with Crippen LogP contribution >= 0.6 is 11.6 Å². The van der Waals surface area contributed by atoms with Crippen molar-refractivity contribution in [2.24, 2.45) is 0 Å². The van der Waals surface area contributed by atoms with E-state index in [1.54, 1.807) is 0 Å². The molecule has 0 aliphatic heterocycles. The number of halogens is 1. The van der Waals surface area contributed by atoms with Crippen LogP contribution < -0.4 is 0 Å². The molecule has 0 atom stereocenters. The fourth-order valence-corrected chi connectivity index (χ4v) is 3.74. The van der Waals surface area contributed by atoms with Crippen LogP contribution in [0.3, 0.4) is 0 Å². The Hall–Kier alpha value is -2.32. The number of hydrogen-bond donors (Lipinski definition) is 0. The predicted octanol–water partition coefficient (Wildman–Crippen LogP) is 6.49. The Bertz CT molecular complexity index is 1060. The monoisotopic (exact) mass is 347 g/mol. The summed E-state index contributed by atoms with van der Waals surface area (Å²) in [7, 11) is 0. The first-order chi connectivity index (χ1) is 12.2. The lowest BCUT2D eigenvalue weighted by Gasteiger charge is -2.12. The molecule has 4 rings (SSSR count). The van der Waals surface area contributed by atoms with E-state index in [2.05, 4.69) is 48.7 Å². The van der Waals surface area contributed by atoms with Gasteiger partial charge < -0.3 is 4.57 Å². The summed E-state index contributed by atoms with van der Waals surface area (Å²) in [5.41, 5.74) is 5.03. The number of hydrogen-bond acceptors (Lipinski definition) is 1. The summed E-state index contributed by atoms with van der Waals surface area (Å²) in [6.07, 6.45) is 2.28. The second-order valence-corrected chi connectivity index (χ2v) is 6.77. The summed E-state index contributed by atoms with van der Waals surface area (Å²) >= 11 is 6.50. The molecule has 2 nitrogen and oxygen atoms in total. The van der Waals surface area contributed by atoms with E-state index in [9.17, 15) is 0 Å². The molecule has 0 aliphatic carbocycles.